The normalized spacial score (nSPS) is 13.4. The summed E-state index contributed by atoms with van der Waals surface area (Å²) in [6, 6.07) is 2.92. The van der Waals surface area contributed by atoms with Crippen LogP contribution in [0, 0.1) is 16.7 Å². The predicted molar refractivity (Wildman–Crippen MR) is 70.2 cm³/mol. The van der Waals surface area contributed by atoms with Gasteiger partial charge in [0.1, 0.15) is 0 Å². The van der Waals surface area contributed by atoms with Crippen LogP contribution in [0.4, 0.5) is 0 Å². The van der Waals surface area contributed by atoms with Gasteiger partial charge in [0, 0.05) is 6.04 Å². The number of rotatable bonds is 9. The van der Waals surface area contributed by atoms with Gasteiger partial charge in [0.05, 0.1) is 11.5 Å². The quantitative estimate of drug-likeness (QED) is 0.603. The maximum absolute atomic E-state index is 8.88. The second-order valence-electron chi connectivity index (χ2n) is 5.45. The van der Waals surface area contributed by atoms with E-state index in [0.717, 1.165) is 13.0 Å². The van der Waals surface area contributed by atoms with Crippen molar-refractivity contribution in [3.8, 4) is 6.07 Å². The van der Waals surface area contributed by atoms with Crippen molar-refractivity contribution in [2.24, 2.45) is 5.41 Å². The lowest BCUT2D eigenvalue weighted by molar-refractivity contribution is 0.401. The number of unbranched alkanes of at least 4 members (excludes halogenated alkanes) is 3. The van der Waals surface area contributed by atoms with Crippen molar-refractivity contribution in [2.75, 3.05) is 6.54 Å². The third-order valence-corrected chi connectivity index (χ3v) is 3.04. The molecule has 0 amide bonds. The van der Waals surface area contributed by atoms with Gasteiger partial charge in [-0.3, -0.25) is 0 Å². The minimum atomic E-state index is -0.186. The number of nitrogens with one attached hydrogen (secondary N) is 1. The molecule has 2 nitrogen and oxygen atoms in total. The highest BCUT2D eigenvalue weighted by Gasteiger charge is 2.15. The molecule has 2 heteroatoms. The topological polar surface area (TPSA) is 35.8 Å². The van der Waals surface area contributed by atoms with E-state index in [-0.39, 0.29) is 5.41 Å². The van der Waals surface area contributed by atoms with E-state index >= 15 is 0 Å². The minimum Gasteiger partial charge on any atom is -0.314 e. The summed E-state index contributed by atoms with van der Waals surface area (Å²) in [5, 5.41) is 12.4. The van der Waals surface area contributed by atoms with Crippen molar-refractivity contribution >= 4 is 0 Å². The average Bonchev–Trinajstić information content (AvgIpc) is 2.24. The van der Waals surface area contributed by atoms with E-state index in [1.54, 1.807) is 0 Å². The van der Waals surface area contributed by atoms with Crippen molar-refractivity contribution in [3.63, 3.8) is 0 Å². The molecule has 16 heavy (non-hydrogen) atoms. The first-order valence-electron chi connectivity index (χ1n) is 6.66. The summed E-state index contributed by atoms with van der Waals surface area (Å²) < 4.78 is 0. The zero-order valence-corrected chi connectivity index (χ0v) is 11.5. The largest absolute Gasteiger partial charge is 0.314 e. The van der Waals surface area contributed by atoms with Crippen molar-refractivity contribution in [1.29, 1.82) is 5.26 Å². The maximum atomic E-state index is 8.88. The first-order chi connectivity index (χ1) is 7.52. The molecule has 0 heterocycles. The third-order valence-electron chi connectivity index (χ3n) is 3.04. The van der Waals surface area contributed by atoms with Gasteiger partial charge in [0.2, 0.25) is 0 Å². The molecule has 1 atom stereocenters. The Labute approximate surface area is 101 Å². The highest BCUT2D eigenvalue weighted by atomic mass is 14.9. The first kappa shape index (κ1) is 15.4. The highest BCUT2D eigenvalue weighted by molar-refractivity contribution is 4.91. The number of hydrogen-bond donors (Lipinski definition) is 1. The Hall–Kier alpha value is -0.550. The number of nitrogens with zero attached hydrogens (tertiary/aromatic N) is 1. The van der Waals surface area contributed by atoms with E-state index in [1.807, 2.05) is 13.8 Å². The average molecular weight is 224 g/mol. The summed E-state index contributed by atoms with van der Waals surface area (Å²) >= 11 is 0. The van der Waals surface area contributed by atoms with Gasteiger partial charge in [-0.2, -0.15) is 5.26 Å². The predicted octanol–water partition coefficient (Wildman–Crippen LogP) is 3.87. The monoisotopic (exact) mass is 224 g/mol. The molecule has 94 valence electrons. The molecule has 0 spiro atoms. The SMILES string of the molecule is CCCCCCC(C)NCCC(C)(C)C#N. The van der Waals surface area contributed by atoms with E-state index in [0.29, 0.717) is 6.04 Å². The van der Waals surface area contributed by atoms with Gasteiger partial charge in [-0.15, -0.1) is 0 Å². The molecule has 0 bridgehead atoms. The van der Waals surface area contributed by atoms with Crippen LogP contribution in [0.5, 0.6) is 0 Å². The smallest absolute Gasteiger partial charge is 0.0684 e. The summed E-state index contributed by atoms with van der Waals surface area (Å²) in [7, 11) is 0. The standard InChI is InChI=1S/C14H28N2/c1-5-6-7-8-9-13(2)16-11-10-14(3,4)12-15/h13,16H,5-11H2,1-4H3. The van der Waals surface area contributed by atoms with Crippen molar-refractivity contribution in [2.45, 2.75) is 72.3 Å². The molecule has 0 radical (unpaired) electrons. The summed E-state index contributed by atoms with van der Waals surface area (Å²) in [6.45, 7) is 9.44. The van der Waals surface area contributed by atoms with Crippen LogP contribution in [-0.2, 0) is 0 Å². The molecule has 0 aromatic carbocycles. The molecule has 0 aromatic rings. The van der Waals surface area contributed by atoms with Crippen molar-refractivity contribution in [1.82, 2.24) is 5.32 Å². The molecule has 0 fully saturated rings. The molecular weight excluding hydrogens is 196 g/mol. The van der Waals surface area contributed by atoms with Gasteiger partial charge in [-0.05, 0) is 40.2 Å². The summed E-state index contributed by atoms with van der Waals surface area (Å²) in [4.78, 5) is 0. The zero-order valence-electron chi connectivity index (χ0n) is 11.5. The lowest BCUT2D eigenvalue weighted by Crippen LogP contribution is -2.29. The Bertz CT molecular complexity index is 203. The van der Waals surface area contributed by atoms with Gasteiger partial charge in [0.25, 0.3) is 0 Å². The fourth-order valence-corrected chi connectivity index (χ4v) is 1.67. The van der Waals surface area contributed by atoms with Crippen LogP contribution in [0.2, 0.25) is 0 Å². The molecule has 1 N–H and O–H groups in total. The van der Waals surface area contributed by atoms with Crippen LogP contribution in [-0.4, -0.2) is 12.6 Å². The number of nitriles is 1. The van der Waals surface area contributed by atoms with Crippen LogP contribution in [0.15, 0.2) is 0 Å². The Morgan fingerprint density at radius 2 is 1.94 bits per heavy atom. The second-order valence-corrected chi connectivity index (χ2v) is 5.45. The minimum absolute atomic E-state index is 0.186. The van der Waals surface area contributed by atoms with Crippen LogP contribution >= 0.6 is 0 Å². The maximum Gasteiger partial charge on any atom is 0.0684 e. The molecule has 1 unspecified atom stereocenters. The third kappa shape index (κ3) is 8.73. The Balaban J connectivity index is 3.44. The molecule has 0 saturated heterocycles. The van der Waals surface area contributed by atoms with Gasteiger partial charge < -0.3 is 5.32 Å². The zero-order chi connectivity index (χ0) is 12.4. The van der Waals surface area contributed by atoms with Crippen LogP contribution in [0.1, 0.15) is 66.2 Å². The van der Waals surface area contributed by atoms with Crippen LogP contribution in [0.3, 0.4) is 0 Å². The summed E-state index contributed by atoms with van der Waals surface area (Å²) in [6.07, 6.45) is 7.53. The molecule has 0 aliphatic heterocycles. The van der Waals surface area contributed by atoms with E-state index in [1.165, 1.54) is 32.1 Å². The molecule has 0 rings (SSSR count). The van der Waals surface area contributed by atoms with Gasteiger partial charge in [0.15, 0.2) is 0 Å². The summed E-state index contributed by atoms with van der Waals surface area (Å²) in [5.41, 5.74) is -0.186. The van der Waals surface area contributed by atoms with Crippen molar-refractivity contribution < 1.29 is 0 Å². The van der Waals surface area contributed by atoms with Gasteiger partial charge in [-0.1, -0.05) is 32.6 Å². The first-order valence-corrected chi connectivity index (χ1v) is 6.66. The number of hydrogen-bond acceptors (Lipinski definition) is 2. The molecule has 0 saturated carbocycles. The summed E-state index contributed by atoms with van der Waals surface area (Å²) in [5.74, 6) is 0. The van der Waals surface area contributed by atoms with Crippen molar-refractivity contribution in [3.05, 3.63) is 0 Å². The van der Waals surface area contributed by atoms with Gasteiger partial charge in [-0.25, -0.2) is 0 Å². The molecule has 0 aromatic heterocycles. The highest BCUT2D eigenvalue weighted by Crippen LogP contribution is 2.17. The Morgan fingerprint density at radius 1 is 1.25 bits per heavy atom. The van der Waals surface area contributed by atoms with E-state index in [9.17, 15) is 0 Å². The fourth-order valence-electron chi connectivity index (χ4n) is 1.67. The second kappa shape index (κ2) is 8.58. The molecule has 0 aliphatic rings. The lowest BCUT2D eigenvalue weighted by atomic mass is 9.91. The van der Waals surface area contributed by atoms with Crippen LogP contribution in [0.25, 0.3) is 0 Å². The van der Waals surface area contributed by atoms with Crippen LogP contribution < -0.4 is 5.32 Å². The molecule has 0 aliphatic carbocycles. The Morgan fingerprint density at radius 3 is 2.50 bits per heavy atom. The van der Waals surface area contributed by atoms with E-state index in [2.05, 4.69) is 25.2 Å². The van der Waals surface area contributed by atoms with Gasteiger partial charge >= 0.3 is 0 Å². The Kier molecular flexibility index (Phi) is 8.29. The molecular formula is C14H28N2. The van der Waals surface area contributed by atoms with E-state index in [4.69, 9.17) is 5.26 Å². The lowest BCUT2D eigenvalue weighted by Gasteiger charge is -2.18. The van der Waals surface area contributed by atoms with E-state index < -0.39 is 0 Å². The fraction of sp³-hybridized carbons (Fsp3) is 0.929.